The Morgan fingerprint density at radius 1 is 1.15 bits per heavy atom. The molecule has 11 heteroatoms. The van der Waals surface area contributed by atoms with Crippen molar-refractivity contribution in [2.45, 2.75) is 109 Å². The van der Waals surface area contributed by atoms with Crippen LogP contribution < -0.4 is 10.0 Å². The molecule has 2 aromatic rings. The summed E-state index contributed by atoms with van der Waals surface area (Å²) in [4.78, 5) is 12.5. The maximum Gasteiger partial charge on any atom is 0.417 e. The second kappa shape index (κ2) is 13.3. The van der Waals surface area contributed by atoms with E-state index in [9.17, 15) is 26.4 Å². The molecule has 0 bridgehead atoms. The van der Waals surface area contributed by atoms with Crippen molar-refractivity contribution >= 4 is 15.9 Å². The largest absolute Gasteiger partial charge is 0.417 e. The third-order valence-corrected chi connectivity index (χ3v) is 9.21. The van der Waals surface area contributed by atoms with Crippen molar-refractivity contribution in [1.29, 1.82) is 0 Å². The summed E-state index contributed by atoms with van der Waals surface area (Å²) in [6.07, 6.45) is 3.30. The van der Waals surface area contributed by atoms with Crippen molar-refractivity contribution < 1.29 is 31.1 Å². The van der Waals surface area contributed by atoms with Crippen molar-refractivity contribution in [2.75, 3.05) is 13.2 Å². The van der Waals surface area contributed by atoms with Crippen molar-refractivity contribution in [2.24, 2.45) is 5.92 Å². The second-order valence-corrected chi connectivity index (χ2v) is 13.7. The standard InChI is InChI=1S/C30H44F3N3O4S/c1-7-40-16-15-20(2)34-28(37)24-19-36(26(21(24)3)17-22-11-9-8-10-12-22)23-13-14-27(25(18-23)30(31,32)33)41(38,39)35-29(4,5)6/h13-14,18-20,22,35H,7-12,15-17H2,1-6H3,(H,34,37). The van der Waals surface area contributed by atoms with Crippen LogP contribution in [0.5, 0.6) is 0 Å². The molecule has 1 fully saturated rings. The zero-order valence-corrected chi connectivity index (χ0v) is 25.8. The Bertz CT molecular complexity index is 1310. The lowest BCUT2D eigenvalue weighted by molar-refractivity contribution is -0.139. The lowest BCUT2D eigenvalue weighted by Crippen LogP contribution is -2.41. The molecule has 0 aliphatic heterocycles. The summed E-state index contributed by atoms with van der Waals surface area (Å²) in [5, 5.41) is 2.98. The molecule has 230 valence electrons. The fourth-order valence-corrected chi connectivity index (χ4v) is 7.00. The molecular formula is C30H44F3N3O4S. The Morgan fingerprint density at radius 2 is 1.80 bits per heavy atom. The molecule has 1 aliphatic rings. The van der Waals surface area contributed by atoms with Crippen LogP contribution in [0, 0.1) is 12.8 Å². The maximum absolute atomic E-state index is 14.3. The van der Waals surface area contributed by atoms with Gasteiger partial charge in [-0.05, 0) is 84.1 Å². The van der Waals surface area contributed by atoms with Crippen molar-refractivity contribution in [3.05, 3.63) is 46.8 Å². The van der Waals surface area contributed by atoms with Gasteiger partial charge in [-0.2, -0.15) is 13.2 Å². The number of hydrogen-bond acceptors (Lipinski definition) is 4. The lowest BCUT2D eigenvalue weighted by Gasteiger charge is -2.24. The number of ether oxygens (including phenoxy) is 1. The number of carbonyl (C=O) groups excluding carboxylic acids is 1. The first-order valence-electron chi connectivity index (χ1n) is 14.4. The van der Waals surface area contributed by atoms with Gasteiger partial charge >= 0.3 is 6.18 Å². The maximum atomic E-state index is 14.3. The first-order chi connectivity index (χ1) is 19.0. The smallest absolute Gasteiger partial charge is 0.382 e. The highest BCUT2D eigenvalue weighted by Gasteiger charge is 2.39. The van der Waals surface area contributed by atoms with Crippen LogP contribution in [0.25, 0.3) is 5.69 Å². The number of nitrogens with zero attached hydrogens (tertiary/aromatic N) is 1. The zero-order valence-electron chi connectivity index (χ0n) is 25.0. The molecule has 2 N–H and O–H groups in total. The molecule has 1 atom stereocenters. The van der Waals surface area contributed by atoms with Crippen LogP contribution in [0.1, 0.15) is 100 Å². The van der Waals surface area contributed by atoms with Gasteiger partial charge in [0.1, 0.15) is 0 Å². The second-order valence-electron chi connectivity index (χ2n) is 12.1. The number of benzene rings is 1. The molecule has 0 saturated heterocycles. The van der Waals surface area contributed by atoms with Crippen LogP contribution in [0.4, 0.5) is 13.2 Å². The average molecular weight is 600 g/mol. The van der Waals surface area contributed by atoms with Gasteiger partial charge in [0, 0.05) is 42.4 Å². The molecule has 0 spiro atoms. The molecule has 1 saturated carbocycles. The van der Waals surface area contributed by atoms with Gasteiger partial charge < -0.3 is 14.6 Å². The normalized spacial score (nSPS) is 16.1. The Balaban J connectivity index is 2.09. The van der Waals surface area contributed by atoms with Crippen molar-refractivity contribution in [3.63, 3.8) is 0 Å². The zero-order chi connectivity index (χ0) is 30.6. The molecule has 3 rings (SSSR count). The van der Waals surface area contributed by atoms with Gasteiger partial charge in [0.15, 0.2) is 0 Å². The molecule has 1 aromatic heterocycles. The van der Waals surface area contributed by atoms with Gasteiger partial charge in [-0.1, -0.05) is 32.1 Å². The molecule has 41 heavy (non-hydrogen) atoms. The molecule has 7 nitrogen and oxygen atoms in total. The van der Waals surface area contributed by atoms with Crippen LogP contribution in [0.2, 0.25) is 0 Å². The number of halogens is 3. The number of sulfonamides is 1. The van der Waals surface area contributed by atoms with E-state index in [1.807, 2.05) is 20.8 Å². The quantitative estimate of drug-likeness (QED) is 0.287. The van der Waals surface area contributed by atoms with Crippen molar-refractivity contribution in [3.8, 4) is 5.69 Å². The minimum atomic E-state index is -4.92. The van der Waals surface area contributed by atoms with E-state index in [-0.39, 0.29) is 17.6 Å². The average Bonchev–Trinajstić information content (AvgIpc) is 3.18. The summed E-state index contributed by atoms with van der Waals surface area (Å²) in [7, 11) is -4.46. The highest BCUT2D eigenvalue weighted by molar-refractivity contribution is 7.89. The van der Waals surface area contributed by atoms with Crippen LogP contribution in [-0.4, -0.2) is 43.7 Å². The summed E-state index contributed by atoms with van der Waals surface area (Å²) in [6.45, 7) is 11.4. The van der Waals surface area contributed by atoms with Crippen LogP contribution in [0.3, 0.4) is 0 Å². The predicted molar refractivity (Wildman–Crippen MR) is 154 cm³/mol. The summed E-state index contributed by atoms with van der Waals surface area (Å²) >= 11 is 0. The minimum absolute atomic E-state index is 0.157. The SMILES string of the molecule is CCOCCC(C)NC(=O)c1cn(-c2ccc(S(=O)(=O)NC(C)(C)C)c(C(F)(F)F)c2)c(CC2CCCCC2)c1C. The number of alkyl halides is 3. The van der Waals surface area contributed by atoms with E-state index >= 15 is 0 Å². The van der Waals surface area contributed by atoms with Gasteiger partial charge in [0.2, 0.25) is 10.0 Å². The van der Waals surface area contributed by atoms with Crippen LogP contribution in [0.15, 0.2) is 29.3 Å². The van der Waals surface area contributed by atoms with E-state index in [2.05, 4.69) is 10.0 Å². The number of hydrogen-bond donors (Lipinski definition) is 2. The molecular weight excluding hydrogens is 555 g/mol. The molecule has 1 amide bonds. The first kappa shape index (κ1) is 33.1. The molecule has 1 aliphatic carbocycles. The van der Waals surface area contributed by atoms with Gasteiger partial charge in [-0.25, -0.2) is 13.1 Å². The summed E-state index contributed by atoms with van der Waals surface area (Å²) in [5.41, 5.74) is -0.196. The Kier molecular flexibility index (Phi) is 10.7. The summed E-state index contributed by atoms with van der Waals surface area (Å²) in [5.74, 6) is 0.0506. The predicted octanol–water partition coefficient (Wildman–Crippen LogP) is 6.55. The van der Waals surface area contributed by atoms with E-state index in [1.54, 1.807) is 31.5 Å². The van der Waals surface area contributed by atoms with E-state index in [1.165, 1.54) is 6.07 Å². The van der Waals surface area contributed by atoms with E-state index in [0.717, 1.165) is 49.9 Å². The number of carbonyl (C=O) groups is 1. The molecule has 1 aromatic carbocycles. The van der Waals surface area contributed by atoms with Crippen LogP contribution in [-0.2, 0) is 27.4 Å². The number of aromatic nitrogens is 1. The lowest BCUT2D eigenvalue weighted by atomic mass is 9.85. The fraction of sp³-hybridized carbons (Fsp3) is 0.633. The third kappa shape index (κ3) is 8.81. The third-order valence-electron chi connectivity index (χ3n) is 7.39. The number of nitrogens with one attached hydrogen (secondary N) is 2. The highest BCUT2D eigenvalue weighted by atomic mass is 32.2. The van der Waals surface area contributed by atoms with Gasteiger partial charge in [-0.3, -0.25) is 4.79 Å². The Hall–Kier alpha value is -2.37. The minimum Gasteiger partial charge on any atom is -0.382 e. The summed E-state index contributed by atoms with van der Waals surface area (Å²) < 4.78 is 78.1. The molecule has 1 heterocycles. The van der Waals surface area contributed by atoms with E-state index in [4.69, 9.17) is 4.74 Å². The first-order valence-corrected chi connectivity index (χ1v) is 15.9. The number of rotatable bonds is 11. The van der Waals surface area contributed by atoms with Gasteiger partial charge in [0.05, 0.1) is 16.0 Å². The molecule has 0 radical (unpaired) electrons. The van der Waals surface area contributed by atoms with E-state index < -0.39 is 32.2 Å². The molecule has 1 unspecified atom stereocenters. The number of amides is 1. The van der Waals surface area contributed by atoms with Crippen LogP contribution >= 0.6 is 0 Å². The van der Waals surface area contributed by atoms with Gasteiger partial charge in [0.25, 0.3) is 5.91 Å². The monoisotopic (exact) mass is 599 g/mol. The Labute approximate surface area is 242 Å². The summed E-state index contributed by atoms with van der Waals surface area (Å²) in [6, 6.07) is 3.09. The fourth-order valence-electron chi connectivity index (χ4n) is 5.38. The highest BCUT2D eigenvalue weighted by Crippen LogP contribution is 2.37. The van der Waals surface area contributed by atoms with Crippen molar-refractivity contribution in [1.82, 2.24) is 14.6 Å². The topological polar surface area (TPSA) is 89.4 Å². The van der Waals surface area contributed by atoms with Gasteiger partial charge in [-0.15, -0.1) is 0 Å². The Morgan fingerprint density at radius 3 is 2.39 bits per heavy atom. The van der Waals surface area contributed by atoms with E-state index in [0.29, 0.717) is 43.1 Å².